The number of fused-ring (bicyclic) bond motifs is 2. The lowest BCUT2D eigenvalue weighted by Gasteiger charge is -2.30. The molecule has 4 aromatic rings. The van der Waals surface area contributed by atoms with Crippen LogP contribution in [-0.4, -0.2) is 37.2 Å². The molecule has 0 spiro atoms. The highest BCUT2D eigenvalue weighted by molar-refractivity contribution is 6.30. The number of nitrogens with zero attached hydrogens (tertiary/aromatic N) is 4. The monoisotopic (exact) mass is 610 g/mol. The summed E-state index contributed by atoms with van der Waals surface area (Å²) in [6, 6.07) is 28.6. The number of methoxy groups -OCH3 is 2. The Morgan fingerprint density at radius 3 is 1.22 bits per heavy atom. The van der Waals surface area contributed by atoms with Crippen LogP contribution in [0.4, 0.5) is 22.7 Å². The lowest BCUT2D eigenvalue weighted by Crippen LogP contribution is -2.14. The molecule has 1 aliphatic rings. The molecular formula is C38H34N4O4-2. The van der Waals surface area contributed by atoms with Crippen molar-refractivity contribution in [3.8, 4) is 11.5 Å². The SMILES string of the molecule is COc1ccc(C(=O)/C2=C(\C)[N-]c3ccccc3N=C(C)/C(C(=O)c3ccc(OC)cc3)=C(/C)[N-]c3ccccc3N=C2C)cc1. The van der Waals surface area contributed by atoms with Gasteiger partial charge in [0.05, 0.1) is 14.2 Å². The minimum atomic E-state index is -0.229. The number of ketones is 2. The Morgan fingerprint density at radius 2 is 0.870 bits per heavy atom. The van der Waals surface area contributed by atoms with E-state index >= 15 is 0 Å². The van der Waals surface area contributed by atoms with E-state index in [9.17, 15) is 9.59 Å². The van der Waals surface area contributed by atoms with Gasteiger partial charge in [-0.3, -0.25) is 19.6 Å². The number of hydrogen-bond donors (Lipinski definition) is 0. The maximum Gasteiger partial charge on any atom is 0.193 e. The van der Waals surface area contributed by atoms with Gasteiger partial charge in [0.15, 0.2) is 11.6 Å². The van der Waals surface area contributed by atoms with Gasteiger partial charge < -0.3 is 20.1 Å². The van der Waals surface area contributed by atoms with Gasteiger partial charge in [-0.25, -0.2) is 0 Å². The first kappa shape index (κ1) is 31.7. The van der Waals surface area contributed by atoms with E-state index in [0.29, 0.717) is 79.3 Å². The lowest BCUT2D eigenvalue weighted by atomic mass is 9.97. The number of Topliss-reactive ketones (excluding diaryl/α,β-unsaturated/α-hetero) is 2. The second-order valence-corrected chi connectivity index (χ2v) is 10.6. The number of rotatable bonds is 6. The Hall–Kier alpha value is -5.76. The average Bonchev–Trinajstić information content (AvgIpc) is 3.06. The van der Waals surface area contributed by atoms with Crippen LogP contribution in [-0.2, 0) is 0 Å². The van der Waals surface area contributed by atoms with Crippen molar-refractivity contribution in [2.45, 2.75) is 27.7 Å². The predicted molar refractivity (Wildman–Crippen MR) is 185 cm³/mol. The van der Waals surface area contributed by atoms with Crippen molar-refractivity contribution >= 4 is 45.7 Å². The number of benzene rings is 4. The molecule has 1 heterocycles. The van der Waals surface area contributed by atoms with E-state index in [1.54, 1.807) is 90.4 Å². The predicted octanol–water partition coefficient (Wildman–Crippen LogP) is 9.93. The zero-order chi connectivity index (χ0) is 32.8. The summed E-state index contributed by atoms with van der Waals surface area (Å²) in [5.74, 6) is 0.836. The molecule has 0 aliphatic carbocycles. The van der Waals surface area contributed by atoms with E-state index in [4.69, 9.17) is 30.1 Å². The van der Waals surface area contributed by atoms with Crippen LogP contribution in [0.25, 0.3) is 10.6 Å². The standard InChI is InChI=1S/C38H36N4O4/c1-23-35(37(43)27-15-19-29(45-5)20-16-27)24(2)40-33-13-9-10-14-34(33)42-26(4)36(38(44)28-17-21-30(46-6)22-18-28)25(3)41-32-12-8-7-11-31(32)39-23/h7-22H,1-6H3,(H2,39,40,41,42,43,44)/p-2. The molecule has 8 heteroatoms. The summed E-state index contributed by atoms with van der Waals surface area (Å²) in [6.07, 6.45) is 0. The van der Waals surface area contributed by atoms with E-state index in [2.05, 4.69) is 0 Å². The van der Waals surface area contributed by atoms with Gasteiger partial charge in [0.1, 0.15) is 11.5 Å². The van der Waals surface area contributed by atoms with Crippen molar-refractivity contribution in [3.05, 3.63) is 141 Å². The van der Waals surface area contributed by atoms with E-state index in [-0.39, 0.29) is 11.6 Å². The van der Waals surface area contributed by atoms with Crippen LogP contribution in [0, 0.1) is 0 Å². The second kappa shape index (κ2) is 13.9. The molecule has 4 aromatic carbocycles. The first-order chi connectivity index (χ1) is 22.2. The van der Waals surface area contributed by atoms with Crippen LogP contribution in [0.15, 0.2) is 130 Å². The van der Waals surface area contributed by atoms with E-state index in [1.165, 1.54) is 0 Å². The van der Waals surface area contributed by atoms with Gasteiger partial charge in [-0.15, -0.1) is 22.8 Å². The Morgan fingerprint density at radius 1 is 0.522 bits per heavy atom. The molecule has 0 saturated heterocycles. The topological polar surface area (TPSA) is 106 Å². The third kappa shape index (κ3) is 6.81. The lowest BCUT2D eigenvalue weighted by molar-refractivity contribution is 0.103. The molecule has 46 heavy (non-hydrogen) atoms. The number of carbonyl (C=O) groups is 2. The quantitative estimate of drug-likeness (QED) is 0.203. The van der Waals surface area contributed by atoms with E-state index in [1.807, 2.05) is 48.5 Å². The first-order valence-corrected chi connectivity index (χ1v) is 14.7. The fourth-order valence-corrected chi connectivity index (χ4v) is 5.21. The maximum absolute atomic E-state index is 14.0. The second-order valence-electron chi connectivity index (χ2n) is 10.6. The number of para-hydroxylation sites is 4. The summed E-state index contributed by atoms with van der Waals surface area (Å²) in [4.78, 5) is 37.9. The van der Waals surface area contributed by atoms with Gasteiger partial charge in [0.2, 0.25) is 0 Å². The molecule has 0 radical (unpaired) electrons. The molecule has 1 aliphatic heterocycles. The molecule has 0 saturated carbocycles. The molecule has 0 amide bonds. The van der Waals surface area contributed by atoms with Crippen molar-refractivity contribution in [1.82, 2.24) is 0 Å². The summed E-state index contributed by atoms with van der Waals surface area (Å²) in [5.41, 5.74) is 5.68. The largest absolute Gasteiger partial charge is 0.659 e. The van der Waals surface area contributed by atoms with Crippen molar-refractivity contribution < 1.29 is 19.1 Å². The van der Waals surface area contributed by atoms with Gasteiger partial charge in [-0.1, -0.05) is 50.2 Å². The minimum absolute atomic E-state index is 0.229. The van der Waals surface area contributed by atoms with Crippen LogP contribution >= 0.6 is 0 Å². The highest BCUT2D eigenvalue weighted by Crippen LogP contribution is 2.40. The fourth-order valence-electron chi connectivity index (χ4n) is 5.21. The molecule has 232 valence electrons. The number of allylic oxidation sites excluding steroid dienone is 4. The number of hydrogen-bond acceptors (Lipinski definition) is 6. The number of ether oxygens (including phenoxy) is 2. The summed E-state index contributed by atoms with van der Waals surface area (Å²) in [7, 11) is 3.16. The van der Waals surface area contributed by atoms with Crippen LogP contribution < -0.4 is 9.47 Å². The van der Waals surface area contributed by atoms with Gasteiger partial charge in [-0.2, -0.15) is 0 Å². The number of carbonyl (C=O) groups excluding carboxylic acids is 2. The summed E-state index contributed by atoms with van der Waals surface area (Å²) < 4.78 is 10.6. The molecule has 5 rings (SSSR count). The van der Waals surface area contributed by atoms with Crippen LogP contribution in [0.3, 0.4) is 0 Å². The molecule has 0 unspecified atom stereocenters. The summed E-state index contributed by atoms with van der Waals surface area (Å²) >= 11 is 0. The van der Waals surface area contributed by atoms with Crippen LogP contribution in [0.1, 0.15) is 48.4 Å². The van der Waals surface area contributed by atoms with Crippen LogP contribution in [0.5, 0.6) is 11.5 Å². The molecule has 0 bridgehead atoms. The van der Waals surface area contributed by atoms with Gasteiger partial charge in [0, 0.05) is 45.1 Å². The summed E-state index contributed by atoms with van der Waals surface area (Å²) in [5, 5.41) is 9.81. The highest BCUT2D eigenvalue weighted by Gasteiger charge is 2.19. The molecule has 0 atom stereocenters. The minimum Gasteiger partial charge on any atom is -0.659 e. The molecule has 8 nitrogen and oxygen atoms in total. The third-order valence-corrected chi connectivity index (χ3v) is 7.52. The molecular weight excluding hydrogens is 576 g/mol. The smallest absolute Gasteiger partial charge is 0.193 e. The normalized spacial score (nSPS) is 16.7. The highest BCUT2D eigenvalue weighted by atomic mass is 16.5. The van der Waals surface area contributed by atoms with Gasteiger partial charge >= 0.3 is 0 Å². The maximum atomic E-state index is 14.0. The Labute approximate surface area is 269 Å². The molecule has 0 N–H and O–H groups in total. The van der Waals surface area contributed by atoms with Gasteiger partial charge in [-0.05, 0) is 74.5 Å². The first-order valence-electron chi connectivity index (χ1n) is 14.7. The fraction of sp³-hybridized carbons (Fsp3) is 0.158. The van der Waals surface area contributed by atoms with Crippen LogP contribution in [0.2, 0.25) is 0 Å². The van der Waals surface area contributed by atoms with E-state index in [0.717, 1.165) is 0 Å². The zero-order valence-corrected chi connectivity index (χ0v) is 26.7. The number of aliphatic imine (C=N–C) groups is 2. The van der Waals surface area contributed by atoms with Crippen molar-refractivity contribution in [1.29, 1.82) is 0 Å². The van der Waals surface area contributed by atoms with Crippen molar-refractivity contribution in [2.75, 3.05) is 14.2 Å². The molecule has 0 fully saturated rings. The Kier molecular flexibility index (Phi) is 9.57. The van der Waals surface area contributed by atoms with Gasteiger partial charge in [0.25, 0.3) is 0 Å². The Bertz CT molecular complexity index is 1780. The average molecular weight is 611 g/mol. The Balaban J connectivity index is 1.71. The molecule has 0 aromatic heterocycles. The van der Waals surface area contributed by atoms with Crippen molar-refractivity contribution in [2.24, 2.45) is 9.98 Å². The van der Waals surface area contributed by atoms with Crippen molar-refractivity contribution in [3.63, 3.8) is 0 Å². The zero-order valence-electron chi connectivity index (χ0n) is 26.7. The third-order valence-electron chi connectivity index (χ3n) is 7.52. The summed E-state index contributed by atoms with van der Waals surface area (Å²) in [6.45, 7) is 7.14. The van der Waals surface area contributed by atoms with E-state index < -0.39 is 0 Å².